The molecule has 8 rings (SSSR count). The lowest BCUT2D eigenvalue weighted by atomic mass is 10.1. The average Bonchev–Trinajstić information content (AvgIpc) is 3.34. The molecule has 0 bridgehead atoms. The molecule has 242 valence electrons. The predicted octanol–water partition coefficient (Wildman–Crippen LogP) is 7.38. The van der Waals surface area contributed by atoms with Gasteiger partial charge in [0, 0.05) is 87.0 Å². The summed E-state index contributed by atoms with van der Waals surface area (Å²) in [5.41, 5.74) is 6.46. The fourth-order valence-electron chi connectivity index (χ4n) is 6.05. The van der Waals surface area contributed by atoms with Crippen LogP contribution < -0.4 is 16.0 Å². The van der Waals surface area contributed by atoms with Crippen LogP contribution >= 0.6 is 23.2 Å². The molecule has 0 radical (unpaired) electrons. The van der Waals surface area contributed by atoms with E-state index in [2.05, 4.69) is 37.7 Å². The summed E-state index contributed by atoms with van der Waals surface area (Å²) in [6, 6.07) is 21.9. The molecule has 47 heavy (non-hydrogen) atoms. The number of piperazine rings is 2. The first-order chi connectivity index (χ1) is 22.8. The molecule has 0 spiro atoms. The molecule has 4 aromatic rings. The summed E-state index contributed by atoms with van der Waals surface area (Å²) >= 11 is 11.9. The summed E-state index contributed by atoms with van der Waals surface area (Å²) in [4.78, 5) is 16.5. The third kappa shape index (κ3) is 6.64. The smallest absolute Gasteiger partial charge is 0.144 e. The Morgan fingerprint density at radius 1 is 0.596 bits per heavy atom. The molecule has 0 atom stereocenters. The molecule has 0 aromatic heterocycles. The van der Waals surface area contributed by atoms with Gasteiger partial charge in [-0.25, -0.2) is 18.8 Å². The van der Waals surface area contributed by atoms with Gasteiger partial charge >= 0.3 is 0 Å². The highest BCUT2D eigenvalue weighted by Gasteiger charge is 2.25. The lowest BCUT2D eigenvalue weighted by Crippen LogP contribution is -2.47. The van der Waals surface area contributed by atoms with E-state index in [1.54, 1.807) is 12.1 Å². The molecule has 0 saturated carbocycles. The summed E-state index contributed by atoms with van der Waals surface area (Å²) in [6.07, 6.45) is 0. The lowest BCUT2D eigenvalue weighted by molar-refractivity contribution is 0.216. The van der Waals surface area contributed by atoms with Crippen molar-refractivity contribution in [2.75, 3.05) is 70.0 Å². The van der Waals surface area contributed by atoms with Crippen LogP contribution in [0, 0.1) is 11.6 Å². The Morgan fingerprint density at radius 2 is 1.04 bits per heavy atom. The van der Waals surface area contributed by atoms with Gasteiger partial charge in [0.2, 0.25) is 0 Å². The van der Waals surface area contributed by atoms with Gasteiger partial charge in [0.05, 0.1) is 32.8 Å². The van der Waals surface area contributed by atoms with Gasteiger partial charge in [0.15, 0.2) is 0 Å². The van der Waals surface area contributed by atoms with E-state index in [4.69, 9.17) is 33.2 Å². The molecule has 12 heteroatoms. The highest BCUT2D eigenvalue weighted by Crippen LogP contribution is 2.39. The molecular weight excluding hydrogens is 641 g/mol. The number of rotatable bonds is 0. The van der Waals surface area contributed by atoms with Crippen molar-refractivity contribution in [2.24, 2.45) is 9.98 Å². The molecule has 4 aromatic carbocycles. The van der Waals surface area contributed by atoms with Crippen molar-refractivity contribution in [3.05, 3.63) is 106 Å². The highest BCUT2D eigenvalue weighted by molar-refractivity contribution is 6.31. The topological polar surface area (TPSA) is 70.5 Å². The molecule has 0 aliphatic carbocycles. The van der Waals surface area contributed by atoms with Gasteiger partial charge in [-0.2, -0.15) is 0 Å². The van der Waals surface area contributed by atoms with Gasteiger partial charge in [-0.1, -0.05) is 47.5 Å². The van der Waals surface area contributed by atoms with Crippen LogP contribution in [0.3, 0.4) is 0 Å². The SMILES string of the molecule is CN1CCN(C2=Nc3cc(Cl)c(F)cc3Nc3ccccc32)CC1.Fc1cc2c(cc1Cl)N=C(N1CCNCC1)c1ccccc1N2. The summed E-state index contributed by atoms with van der Waals surface area (Å²) < 4.78 is 27.7. The van der Waals surface area contributed by atoms with Crippen molar-refractivity contribution in [3.8, 4) is 0 Å². The quantitative estimate of drug-likeness (QED) is 0.181. The molecule has 4 aliphatic heterocycles. The van der Waals surface area contributed by atoms with Crippen molar-refractivity contribution in [1.82, 2.24) is 20.0 Å². The van der Waals surface area contributed by atoms with E-state index < -0.39 is 11.6 Å². The summed E-state index contributed by atoms with van der Waals surface area (Å²) in [5.74, 6) is 0.915. The minimum Gasteiger partial charge on any atom is -0.353 e. The van der Waals surface area contributed by atoms with E-state index >= 15 is 0 Å². The Morgan fingerprint density at radius 3 is 1.53 bits per heavy atom. The molecule has 2 fully saturated rings. The molecular formula is C35H34Cl2F2N8. The van der Waals surface area contributed by atoms with Gasteiger partial charge in [-0.15, -0.1) is 0 Å². The zero-order chi connectivity index (χ0) is 32.5. The van der Waals surface area contributed by atoms with E-state index in [0.717, 1.165) is 86.5 Å². The monoisotopic (exact) mass is 674 g/mol. The normalized spacial score (nSPS) is 17.1. The average molecular weight is 676 g/mol. The zero-order valence-electron chi connectivity index (χ0n) is 25.8. The van der Waals surface area contributed by atoms with Crippen LogP contribution in [0.2, 0.25) is 10.0 Å². The minimum absolute atomic E-state index is 0.0833. The number of aliphatic imine (C=N–C) groups is 2. The maximum atomic E-state index is 13.9. The number of hydrogen-bond acceptors (Lipinski definition) is 8. The third-order valence-electron chi connectivity index (χ3n) is 8.62. The van der Waals surface area contributed by atoms with E-state index in [0.29, 0.717) is 22.7 Å². The summed E-state index contributed by atoms with van der Waals surface area (Å²) in [5, 5.41) is 10.1. The van der Waals surface area contributed by atoms with Crippen molar-refractivity contribution in [1.29, 1.82) is 0 Å². The van der Waals surface area contributed by atoms with Gasteiger partial charge < -0.3 is 30.7 Å². The Kier molecular flexibility index (Phi) is 9.00. The zero-order valence-corrected chi connectivity index (χ0v) is 27.3. The third-order valence-corrected chi connectivity index (χ3v) is 9.20. The van der Waals surface area contributed by atoms with Crippen LogP contribution in [0.5, 0.6) is 0 Å². The number of fused-ring (bicyclic) bond motifs is 4. The van der Waals surface area contributed by atoms with E-state index in [9.17, 15) is 8.78 Å². The van der Waals surface area contributed by atoms with Crippen LogP contribution in [0.1, 0.15) is 11.1 Å². The Labute approximate surface area is 282 Å². The Hall–Kier alpha value is -4.22. The van der Waals surface area contributed by atoms with Crippen LogP contribution in [-0.4, -0.2) is 85.8 Å². The van der Waals surface area contributed by atoms with Gasteiger partial charge in [0.25, 0.3) is 0 Å². The second-order valence-electron chi connectivity index (χ2n) is 11.8. The fourth-order valence-corrected chi connectivity index (χ4v) is 6.36. The van der Waals surface area contributed by atoms with Crippen LogP contribution in [0.4, 0.5) is 42.9 Å². The molecule has 3 N–H and O–H groups in total. The number of nitrogens with one attached hydrogen (secondary N) is 3. The van der Waals surface area contributed by atoms with E-state index in [1.165, 1.54) is 12.1 Å². The molecule has 2 saturated heterocycles. The second-order valence-corrected chi connectivity index (χ2v) is 12.6. The number of amidine groups is 2. The number of para-hydroxylation sites is 2. The standard InChI is InChI=1S/C18H18ClFN4.C17H16ClFN4/c1-23-6-8-24(9-7-23)18-12-4-2-3-5-15(12)21-17-11-14(20)13(19)10-16(17)22-18;18-12-9-15-16(10-13(12)19)21-14-4-2-1-3-11(14)17(22-15)23-7-5-20-6-8-23/h2-5,10-11,21H,6-9H2,1H3;1-4,9-10,20-21H,5-8H2. The molecule has 0 unspecified atom stereocenters. The maximum Gasteiger partial charge on any atom is 0.144 e. The first-order valence-electron chi connectivity index (χ1n) is 15.6. The Balaban J connectivity index is 0.000000150. The number of hydrogen-bond donors (Lipinski definition) is 3. The number of benzene rings is 4. The maximum absolute atomic E-state index is 13.9. The van der Waals surface area contributed by atoms with Crippen LogP contribution in [0.15, 0.2) is 82.8 Å². The second kappa shape index (κ2) is 13.5. The van der Waals surface area contributed by atoms with Gasteiger partial charge in [0.1, 0.15) is 23.3 Å². The van der Waals surface area contributed by atoms with Crippen molar-refractivity contribution >= 4 is 69.0 Å². The number of nitrogens with zero attached hydrogens (tertiary/aromatic N) is 5. The number of likely N-dealkylation sites (N-methyl/N-ethyl adjacent to an activating group) is 1. The fraction of sp³-hybridized carbons (Fsp3) is 0.257. The number of halogens is 4. The highest BCUT2D eigenvalue weighted by atomic mass is 35.5. The van der Waals surface area contributed by atoms with Gasteiger partial charge in [-0.3, -0.25) is 0 Å². The van der Waals surface area contributed by atoms with E-state index in [-0.39, 0.29) is 10.0 Å². The van der Waals surface area contributed by atoms with Crippen LogP contribution in [-0.2, 0) is 0 Å². The summed E-state index contributed by atoms with van der Waals surface area (Å²) in [7, 11) is 2.12. The van der Waals surface area contributed by atoms with Crippen molar-refractivity contribution in [2.45, 2.75) is 0 Å². The molecule has 8 nitrogen and oxygen atoms in total. The largest absolute Gasteiger partial charge is 0.353 e. The van der Waals surface area contributed by atoms with Crippen LogP contribution in [0.25, 0.3) is 0 Å². The first-order valence-corrected chi connectivity index (χ1v) is 16.4. The van der Waals surface area contributed by atoms with Crippen molar-refractivity contribution < 1.29 is 8.78 Å². The minimum atomic E-state index is -0.448. The predicted molar refractivity (Wildman–Crippen MR) is 188 cm³/mol. The Bertz CT molecular complexity index is 1870. The number of anilines is 4. The first kappa shape index (κ1) is 31.4. The summed E-state index contributed by atoms with van der Waals surface area (Å²) in [6.45, 7) is 7.42. The van der Waals surface area contributed by atoms with E-state index in [1.807, 2.05) is 48.5 Å². The lowest BCUT2D eigenvalue weighted by Gasteiger charge is -2.34. The molecule has 4 heterocycles. The van der Waals surface area contributed by atoms with Crippen molar-refractivity contribution in [3.63, 3.8) is 0 Å². The molecule has 4 aliphatic rings. The van der Waals surface area contributed by atoms with Gasteiger partial charge in [-0.05, 0) is 43.4 Å². The molecule has 0 amide bonds.